The van der Waals surface area contributed by atoms with Crippen LogP contribution in [0.25, 0.3) is 0 Å². The first kappa shape index (κ1) is 11.5. The van der Waals surface area contributed by atoms with E-state index in [0.29, 0.717) is 0 Å². The van der Waals surface area contributed by atoms with Crippen molar-refractivity contribution in [1.29, 1.82) is 0 Å². The first-order valence-electron chi connectivity index (χ1n) is 6.15. The summed E-state index contributed by atoms with van der Waals surface area (Å²) in [4.78, 5) is 2.39. The molecule has 1 aliphatic heterocycles. The van der Waals surface area contributed by atoms with Gasteiger partial charge in [-0.25, -0.2) is 0 Å². The SMILES string of the molecule is Cc1cc(C)cc(N(C)CC2CCNC2)c1. The summed E-state index contributed by atoms with van der Waals surface area (Å²) < 4.78 is 0. The Morgan fingerprint density at radius 3 is 2.50 bits per heavy atom. The Hall–Kier alpha value is -1.02. The average molecular weight is 218 g/mol. The molecule has 1 N–H and O–H groups in total. The second-order valence-corrected chi connectivity index (χ2v) is 5.09. The lowest BCUT2D eigenvalue weighted by molar-refractivity contribution is 0.578. The summed E-state index contributed by atoms with van der Waals surface area (Å²) in [5, 5.41) is 3.43. The highest BCUT2D eigenvalue weighted by Gasteiger charge is 2.16. The van der Waals surface area contributed by atoms with Gasteiger partial charge in [0.25, 0.3) is 0 Å². The van der Waals surface area contributed by atoms with Gasteiger partial charge >= 0.3 is 0 Å². The summed E-state index contributed by atoms with van der Waals surface area (Å²) in [5.41, 5.74) is 4.06. The minimum atomic E-state index is 0.811. The number of anilines is 1. The van der Waals surface area contributed by atoms with Gasteiger partial charge in [-0.1, -0.05) is 6.07 Å². The molecule has 88 valence electrons. The minimum absolute atomic E-state index is 0.811. The number of nitrogens with one attached hydrogen (secondary N) is 1. The van der Waals surface area contributed by atoms with Gasteiger partial charge in [0, 0.05) is 19.3 Å². The van der Waals surface area contributed by atoms with Gasteiger partial charge in [-0.2, -0.15) is 0 Å². The molecule has 2 heteroatoms. The molecular formula is C14H22N2. The summed E-state index contributed by atoms with van der Waals surface area (Å²) in [6.45, 7) is 7.86. The normalized spacial score (nSPS) is 20.1. The van der Waals surface area contributed by atoms with Crippen molar-refractivity contribution in [3.8, 4) is 0 Å². The number of rotatable bonds is 3. The van der Waals surface area contributed by atoms with Gasteiger partial charge in [0.2, 0.25) is 0 Å². The van der Waals surface area contributed by atoms with E-state index in [1.807, 2.05) is 0 Å². The van der Waals surface area contributed by atoms with Crippen molar-refractivity contribution in [1.82, 2.24) is 5.32 Å². The average Bonchev–Trinajstić information content (AvgIpc) is 2.68. The standard InChI is InChI=1S/C14H22N2/c1-11-6-12(2)8-14(7-11)16(3)10-13-4-5-15-9-13/h6-8,13,15H,4-5,9-10H2,1-3H3. The maximum absolute atomic E-state index is 3.43. The van der Waals surface area contributed by atoms with Crippen LogP contribution >= 0.6 is 0 Å². The van der Waals surface area contributed by atoms with Gasteiger partial charge < -0.3 is 10.2 Å². The molecule has 0 bridgehead atoms. The number of hydrogen-bond acceptors (Lipinski definition) is 2. The minimum Gasteiger partial charge on any atom is -0.374 e. The van der Waals surface area contributed by atoms with Gasteiger partial charge in [-0.3, -0.25) is 0 Å². The van der Waals surface area contributed by atoms with E-state index in [-0.39, 0.29) is 0 Å². The molecule has 2 nitrogen and oxygen atoms in total. The lowest BCUT2D eigenvalue weighted by atomic mass is 10.1. The second kappa shape index (κ2) is 4.88. The van der Waals surface area contributed by atoms with Crippen molar-refractivity contribution in [3.63, 3.8) is 0 Å². The highest BCUT2D eigenvalue weighted by atomic mass is 15.1. The molecule has 1 fully saturated rings. The molecule has 0 aromatic heterocycles. The van der Waals surface area contributed by atoms with E-state index < -0.39 is 0 Å². The van der Waals surface area contributed by atoms with Crippen LogP contribution in [-0.4, -0.2) is 26.7 Å². The molecule has 1 atom stereocenters. The Kier molecular flexibility index (Phi) is 3.49. The fourth-order valence-corrected chi connectivity index (χ4v) is 2.53. The largest absolute Gasteiger partial charge is 0.374 e. The van der Waals surface area contributed by atoms with Crippen molar-refractivity contribution >= 4 is 5.69 Å². The molecule has 16 heavy (non-hydrogen) atoms. The zero-order chi connectivity index (χ0) is 11.5. The molecule has 1 aliphatic rings. The first-order chi connectivity index (χ1) is 7.65. The van der Waals surface area contributed by atoms with Gasteiger partial charge in [-0.15, -0.1) is 0 Å². The first-order valence-corrected chi connectivity index (χ1v) is 6.15. The van der Waals surface area contributed by atoms with Crippen LogP contribution in [0.3, 0.4) is 0 Å². The van der Waals surface area contributed by atoms with Crippen LogP contribution in [0.4, 0.5) is 5.69 Å². The Balaban J connectivity index is 2.04. The Morgan fingerprint density at radius 1 is 1.25 bits per heavy atom. The molecule has 1 aromatic rings. The van der Waals surface area contributed by atoms with E-state index in [1.54, 1.807) is 0 Å². The number of benzene rings is 1. The maximum atomic E-state index is 3.43. The van der Waals surface area contributed by atoms with Gasteiger partial charge in [0.1, 0.15) is 0 Å². The Bertz CT molecular complexity index is 334. The fraction of sp³-hybridized carbons (Fsp3) is 0.571. The highest BCUT2D eigenvalue weighted by Crippen LogP contribution is 2.19. The predicted octanol–water partition coefficient (Wildman–Crippen LogP) is 2.35. The van der Waals surface area contributed by atoms with E-state index in [0.717, 1.165) is 12.5 Å². The topological polar surface area (TPSA) is 15.3 Å². The third-order valence-electron chi connectivity index (χ3n) is 3.34. The Morgan fingerprint density at radius 2 is 1.94 bits per heavy atom. The monoisotopic (exact) mass is 218 g/mol. The van der Waals surface area contributed by atoms with Crippen molar-refractivity contribution in [3.05, 3.63) is 29.3 Å². The van der Waals surface area contributed by atoms with Gasteiger partial charge in [0.15, 0.2) is 0 Å². The van der Waals surface area contributed by atoms with E-state index in [4.69, 9.17) is 0 Å². The Labute approximate surface area is 98.7 Å². The second-order valence-electron chi connectivity index (χ2n) is 5.09. The van der Waals surface area contributed by atoms with Crippen molar-refractivity contribution < 1.29 is 0 Å². The molecule has 0 radical (unpaired) electrons. The molecule has 0 spiro atoms. The lowest BCUT2D eigenvalue weighted by Gasteiger charge is -2.23. The zero-order valence-corrected chi connectivity index (χ0v) is 10.6. The molecule has 0 aliphatic carbocycles. The summed E-state index contributed by atoms with van der Waals surface area (Å²) in [6.07, 6.45) is 1.31. The molecule has 0 amide bonds. The molecular weight excluding hydrogens is 196 g/mol. The zero-order valence-electron chi connectivity index (χ0n) is 10.6. The predicted molar refractivity (Wildman–Crippen MR) is 70.2 cm³/mol. The van der Waals surface area contributed by atoms with E-state index >= 15 is 0 Å². The highest BCUT2D eigenvalue weighted by molar-refractivity contribution is 5.50. The van der Waals surface area contributed by atoms with Gasteiger partial charge in [-0.05, 0) is 62.5 Å². The number of hydrogen-bond donors (Lipinski definition) is 1. The van der Waals surface area contributed by atoms with Crippen LogP contribution < -0.4 is 10.2 Å². The smallest absolute Gasteiger partial charge is 0.0369 e. The third-order valence-corrected chi connectivity index (χ3v) is 3.34. The fourth-order valence-electron chi connectivity index (χ4n) is 2.53. The van der Waals surface area contributed by atoms with Crippen LogP contribution in [0.2, 0.25) is 0 Å². The number of aryl methyl sites for hydroxylation is 2. The van der Waals surface area contributed by atoms with Crippen molar-refractivity contribution in [2.24, 2.45) is 5.92 Å². The van der Waals surface area contributed by atoms with E-state index in [2.05, 4.69) is 49.3 Å². The molecule has 2 rings (SSSR count). The quantitative estimate of drug-likeness (QED) is 0.838. The summed E-state index contributed by atoms with van der Waals surface area (Å²) in [7, 11) is 2.20. The molecule has 0 saturated carbocycles. The van der Waals surface area contributed by atoms with E-state index in [1.165, 1.54) is 36.3 Å². The van der Waals surface area contributed by atoms with Crippen molar-refractivity contribution in [2.75, 3.05) is 31.6 Å². The molecule has 1 aromatic carbocycles. The van der Waals surface area contributed by atoms with E-state index in [9.17, 15) is 0 Å². The van der Waals surface area contributed by atoms with Crippen LogP contribution in [0, 0.1) is 19.8 Å². The molecule has 1 saturated heterocycles. The third kappa shape index (κ3) is 2.76. The summed E-state index contributed by atoms with van der Waals surface area (Å²) >= 11 is 0. The van der Waals surface area contributed by atoms with Crippen LogP contribution in [-0.2, 0) is 0 Å². The van der Waals surface area contributed by atoms with Crippen molar-refractivity contribution in [2.45, 2.75) is 20.3 Å². The van der Waals surface area contributed by atoms with Crippen LogP contribution in [0.15, 0.2) is 18.2 Å². The molecule has 1 unspecified atom stereocenters. The molecule has 1 heterocycles. The maximum Gasteiger partial charge on any atom is 0.0369 e. The van der Waals surface area contributed by atoms with Crippen LogP contribution in [0.1, 0.15) is 17.5 Å². The number of nitrogens with zero attached hydrogens (tertiary/aromatic N) is 1. The van der Waals surface area contributed by atoms with Crippen LogP contribution in [0.5, 0.6) is 0 Å². The summed E-state index contributed by atoms with van der Waals surface area (Å²) in [5.74, 6) is 0.811. The van der Waals surface area contributed by atoms with Gasteiger partial charge in [0.05, 0.1) is 0 Å². The lowest BCUT2D eigenvalue weighted by Crippen LogP contribution is -2.26. The summed E-state index contributed by atoms with van der Waals surface area (Å²) in [6, 6.07) is 6.78.